The van der Waals surface area contributed by atoms with Crippen molar-refractivity contribution in [3.8, 4) is 11.3 Å². The quantitative estimate of drug-likeness (QED) is 0.439. The van der Waals surface area contributed by atoms with Crippen LogP contribution in [0.15, 0.2) is 85.1 Å². The Morgan fingerprint density at radius 2 is 1.60 bits per heavy atom. The van der Waals surface area contributed by atoms with Crippen molar-refractivity contribution in [3.05, 3.63) is 102 Å². The van der Waals surface area contributed by atoms with Crippen LogP contribution in [0.5, 0.6) is 0 Å². The average molecular weight is 399 g/mol. The lowest BCUT2D eigenvalue weighted by Gasteiger charge is -2.11. The Morgan fingerprint density at radius 3 is 2.37 bits per heavy atom. The predicted molar refractivity (Wildman–Crippen MR) is 118 cm³/mol. The van der Waals surface area contributed by atoms with Gasteiger partial charge < -0.3 is 10.6 Å². The molecule has 0 saturated carbocycles. The van der Waals surface area contributed by atoms with Gasteiger partial charge in [-0.1, -0.05) is 48.5 Å². The number of hydrogen-bond acceptors (Lipinski definition) is 5. The second kappa shape index (κ2) is 9.60. The zero-order valence-corrected chi connectivity index (χ0v) is 16.4. The first-order chi connectivity index (χ1) is 14.8. The lowest BCUT2D eigenvalue weighted by molar-refractivity contribution is 0.627. The molecule has 0 aliphatic rings. The summed E-state index contributed by atoms with van der Waals surface area (Å²) in [5, 5.41) is 6.62. The van der Waals surface area contributed by atoms with Crippen LogP contribution in [0.3, 0.4) is 0 Å². The van der Waals surface area contributed by atoms with Crippen LogP contribution in [-0.2, 0) is 13.0 Å². The average Bonchev–Trinajstić information content (AvgIpc) is 2.80. The summed E-state index contributed by atoms with van der Waals surface area (Å²) in [7, 11) is 0. The molecule has 0 fully saturated rings. The second-order valence-electron chi connectivity index (χ2n) is 6.81. The van der Waals surface area contributed by atoms with Crippen molar-refractivity contribution in [1.82, 2.24) is 15.0 Å². The molecule has 2 N–H and O–H groups in total. The molecule has 2 heterocycles. The number of aromatic nitrogens is 3. The van der Waals surface area contributed by atoms with Crippen LogP contribution in [0.1, 0.15) is 11.3 Å². The van der Waals surface area contributed by atoms with Gasteiger partial charge in [0.15, 0.2) is 0 Å². The largest absolute Gasteiger partial charge is 0.370 e. The van der Waals surface area contributed by atoms with Gasteiger partial charge in [-0.15, -0.1) is 0 Å². The third kappa shape index (κ3) is 5.38. The maximum absolute atomic E-state index is 13.1. The summed E-state index contributed by atoms with van der Waals surface area (Å²) in [5.74, 6) is 1.04. The Balaban J connectivity index is 1.50. The van der Waals surface area contributed by atoms with E-state index in [4.69, 9.17) is 0 Å². The highest BCUT2D eigenvalue weighted by molar-refractivity contribution is 5.64. The molecule has 0 bridgehead atoms. The first-order valence-electron chi connectivity index (χ1n) is 9.83. The van der Waals surface area contributed by atoms with Gasteiger partial charge >= 0.3 is 0 Å². The maximum atomic E-state index is 13.1. The van der Waals surface area contributed by atoms with Crippen LogP contribution < -0.4 is 10.6 Å². The molecule has 150 valence electrons. The molecule has 30 heavy (non-hydrogen) atoms. The Morgan fingerprint density at radius 1 is 0.800 bits per heavy atom. The zero-order chi connectivity index (χ0) is 20.6. The van der Waals surface area contributed by atoms with Crippen molar-refractivity contribution in [3.63, 3.8) is 0 Å². The topological polar surface area (TPSA) is 62.7 Å². The van der Waals surface area contributed by atoms with Crippen LogP contribution in [0.4, 0.5) is 16.2 Å². The van der Waals surface area contributed by atoms with Crippen molar-refractivity contribution in [2.24, 2.45) is 0 Å². The third-order valence-corrected chi connectivity index (χ3v) is 4.58. The predicted octanol–water partition coefficient (Wildman–Crippen LogP) is 4.94. The monoisotopic (exact) mass is 399 g/mol. The van der Waals surface area contributed by atoms with E-state index in [0.717, 1.165) is 34.8 Å². The van der Waals surface area contributed by atoms with E-state index < -0.39 is 0 Å². The van der Waals surface area contributed by atoms with E-state index in [2.05, 4.69) is 25.6 Å². The summed E-state index contributed by atoms with van der Waals surface area (Å²) in [6, 6.07) is 24.3. The van der Waals surface area contributed by atoms with Crippen LogP contribution in [0.2, 0.25) is 0 Å². The number of pyridine rings is 1. The molecule has 6 heteroatoms. The van der Waals surface area contributed by atoms with E-state index in [1.807, 2.05) is 54.6 Å². The number of anilines is 2. The Labute approximate surface area is 175 Å². The summed E-state index contributed by atoms with van der Waals surface area (Å²) < 4.78 is 13.1. The lowest BCUT2D eigenvalue weighted by Crippen LogP contribution is -2.10. The van der Waals surface area contributed by atoms with Crippen molar-refractivity contribution in [1.29, 1.82) is 0 Å². The van der Waals surface area contributed by atoms with Crippen LogP contribution in [-0.4, -0.2) is 21.5 Å². The van der Waals surface area contributed by atoms with Gasteiger partial charge in [0.1, 0.15) is 11.6 Å². The number of nitrogens with one attached hydrogen (secondary N) is 2. The number of rotatable bonds is 8. The smallest absolute Gasteiger partial charge is 0.225 e. The van der Waals surface area contributed by atoms with Crippen molar-refractivity contribution in [2.45, 2.75) is 13.0 Å². The molecule has 0 aliphatic heterocycles. The normalized spacial score (nSPS) is 10.6. The van der Waals surface area contributed by atoms with E-state index in [1.54, 1.807) is 18.3 Å². The minimum absolute atomic E-state index is 0.223. The summed E-state index contributed by atoms with van der Waals surface area (Å²) in [6.07, 6.45) is 2.53. The van der Waals surface area contributed by atoms with Crippen molar-refractivity contribution < 1.29 is 4.39 Å². The van der Waals surface area contributed by atoms with E-state index in [0.29, 0.717) is 19.0 Å². The fraction of sp³-hybridized carbons (Fsp3) is 0.125. The first-order valence-corrected chi connectivity index (χ1v) is 9.83. The third-order valence-electron chi connectivity index (χ3n) is 4.58. The van der Waals surface area contributed by atoms with E-state index in [1.165, 1.54) is 12.1 Å². The number of hydrogen-bond donors (Lipinski definition) is 2. The van der Waals surface area contributed by atoms with Gasteiger partial charge in [-0.3, -0.25) is 4.98 Å². The maximum Gasteiger partial charge on any atom is 0.225 e. The van der Waals surface area contributed by atoms with Gasteiger partial charge in [0.05, 0.1) is 17.9 Å². The molecule has 0 amide bonds. The fourth-order valence-corrected chi connectivity index (χ4v) is 3.03. The summed E-state index contributed by atoms with van der Waals surface area (Å²) in [5.41, 5.74) is 3.83. The van der Waals surface area contributed by atoms with Crippen molar-refractivity contribution in [2.75, 3.05) is 17.2 Å². The summed E-state index contributed by atoms with van der Waals surface area (Å²) in [6.45, 7) is 1.21. The van der Waals surface area contributed by atoms with Crippen molar-refractivity contribution >= 4 is 11.8 Å². The van der Waals surface area contributed by atoms with E-state index >= 15 is 0 Å². The summed E-state index contributed by atoms with van der Waals surface area (Å²) in [4.78, 5) is 13.6. The summed E-state index contributed by atoms with van der Waals surface area (Å²) >= 11 is 0. The molecule has 4 rings (SSSR count). The van der Waals surface area contributed by atoms with E-state index in [9.17, 15) is 4.39 Å². The van der Waals surface area contributed by atoms with Gasteiger partial charge in [-0.25, -0.2) is 9.37 Å². The van der Waals surface area contributed by atoms with Gasteiger partial charge in [0, 0.05) is 24.4 Å². The molecule has 0 radical (unpaired) electrons. The van der Waals surface area contributed by atoms with Gasteiger partial charge in [0.25, 0.3) is 0 Å². The standard InChI is InChI=1S/C24H22FN5/c25-20-11-9-18(10-12-20)13-15-27-23-16-22(19-6-2-1-3-7-19)29-24(30-23)28-17-21-8-4-5-14-26-21/h1-12,14,16H,13,15,17H2,(H2,27,28,29,30). The molecule has 0 spiro atoms. The molecule has 5 nitrogen and oxygen atoms in total. The Hall–Kier alpha value is -3.80. The zero-order valence-electron chi connectivity index (χ0n) is 16.4. The molecular weight excluding hydrogens is 377 g/mol. The highest BCUT2D eigenvalue weighted by Crippen LogP contribution is 2.21. The van der Waals surface area contributed by atoms with Gasteiger partial charge in [-0.2, -0.15) is 4.98 Å². The Kier molecular flexibility index (Phi) is 6.25. The van der Waals surface area contributed by atoms with Crippen LogP contribution in [0.25, 0.3) is 11.3 Å². The first kappa shape index (κ1) is 19.5. The highest BCUT2D eigenvalue weighted by Gasteiger charge is 2.07. The lowest BCUT2D eigenvalue weighted by atomic mass is 10.1. The SMILES string of the molecule is Fc1ccc(CCNc2cc(-c3ccccc3)nc(NCc3ccccn3)n2)cc1. The number of halogens is 1. The minimum atomic E-state index is -0.223. The fourth-order valence-electron chi connectivity index (χ4n) is 3.03. The molecule has 2 aromatic heterocycles. The van der Waals surface area contributed by atoms with Gasteiger partial charge in [-0.05, 0) is 36.2 Å². The van der Waals surface area contributed by atoms with Crippen LogP contribution in [0, 0.1) is 5.82 Å². The van der Waals surface area contributed by atoms with E-state index in [-0.39, 0.29) is 5.82 Å². The van der Waals surface area contributed by atoms with Crippen LogP contribution >= 0.6 is 0 Å². The molecular formula is C24H22FN5. The second-order valence-corrected chi connectivity index (χ2v) is 6.81. The molecule has 4 aromatic rings. The van der Waals surface area contributed by atoms with Gasteiger partial charge in [0.2, 0.25) is 5.95 Å². The molecule has 0 unspecified atom stereocenters. The number of benzene rings is 2. The molecule has 0 aliphatic carbocycles. The molecule has 2 aromatic carbocycles. The highest BCUT2D eigenvalue weighted by atomic mass is 19.1. The molecule has 0 saturated heterocycles. The minimum Gasteiger partial charge on any atom is -0.370 e. The molecule has 0 atom stereocenters. The Bertz CT molecular complexity index is 1070. The number of nitrogens with zero attached hydrogens (tertiary/aromatic N) is 3.